The van der Waals surface area contributed by atoms with Crippen LogP contribution >= 0.6 is 0 Å². The number of para-hydroxylation sites is 4. The first kappa shape index (κ1) is 57.8. The molecule has 0 aliphatic heterocycles. The van der Waals surface area contributed by atoms with Crippen molar-refractivity contribution in [1.82, 2.24) is 19.9 Å². The van der Waals surface area contributed by atoms with Crippen molar-refractivity contribution in [1.29, 1.82) is 0 Å². The van der Waals surface area contributed by atoms with Gasteiger partial charge in [0.05, 0.1) is 78.9 Å². The van der Waals surface area contributed by atoms with Crippen LogP contribution in [0.5, 0.6) is 69.0 Å². The number of fused-ring (bicyclic) bond motifs is 4. The first-order valence-corrected chi connectivity index (χ1v) is 29.2. The van der Waals surface area contributed by atoms with Crippen LogP contribution in [0.15, 0.2) is 183 Å². The molecule has 13 rings (SSSR count). The predicted molar refractivity (Wildman–Crippen MR) is 351 cm³/mol. The fraction of sp³-hybridized carbons (Fsp3) is 0.162. The van der Waals surface area contributed by atoms with Crippen molar-refractivity contribution in [3.8, 4) is 114 Å². The van der Waals surface area contributed by atoms with Crippen molar-refractivity contribution in [3.05, 3.63) is 205 Å². The Morgan fingerprint density at radius 3 is 0.667 bits per heavy atom. The van der Waals surface area contributed by atoms with Gasteiger partial charge in [-0.05, 0) is 58.7 Å². The van der Waals surface area contributed by atoms with Gasteiger partial charge in [0.25, 0.3) is 0 Å². The molecule has 0 saturated heterocycles. The van der Waals surface area contributed by atoms with Crippen LogP contribution < -0.4 is 56.8 Å². The molecule has 0 amide bonds. The number of hydrogen-bond acceptors (Lipinski definition) is 12. The maximum Gasteiger partial charge on any atom is 0.132 e. The zero-order valence-electron chi connectivity index (χ0n) is 51.0. The summed E-state index contributed by atoms with van der Waals surface area (Å²) in [5, 5.41) is 3.59. The first-order valence-electron chi connectivity index (χ1n) is 29.2. The summed E-state index contributed by atoms with van der Waals surface area (Å²) in [5.41, 5.74) is 14.0. The van der Waals surface area contributed by atoms with Gasteiger partial charge in [-0.25, -0.2) is 0 Å². The van der Waals surface area contributed by atoms with Gasteiger partial charge >= 0.3 is 0 Å². The molecule has 16 heteroatoms. The number of aromatic nitrogens is 4. The van der Waals surface area contributed by atoms with E-state index in [4.69, 9.17) is 56.8 Å². The summed E-state index contributed by atoms with van der Waals surface area (Å²) in [7, 11) is 13.2. The van der Waals surface area contributed by atoms with E-state index in [0.29, 0.717) is 69.0 Å². The van der Waals surface area contributed by atoms with Crippen molar-refractivity contribution in [2.45, 2.75) is 26.4 Å². The number of aromatic amines is 4. The number of methoxy groups -OCH3 is 8. The second-order valence-electron chi connectivity index (χ2n) is 21.3. The van der Waals surface area contributed by atoms with E-state index >= 15 is 0 Å². The fourth-order valence-corrected chi connectivity index (χ4v) is 12.0. The number of rotatable bonds is 24. The Kier molecular flexibility index (Phi) is 16.2. The van der Waals surface area contributed by atoms with Crippen LogP contribution in [0.1, 0.15) is 22.3 Å². The van der Waals surface area contributed by atoms with Gasteiger partial charge in [-0.2, -0.15) is 0 Å². The van der Waals surface area contributed by atoms with Crippen molar-refractivity contribution >= 4 is 43.6 Å². The maximum absolute atomic E-state index is 7.06. The Balaban J connectivity index is 0.929. The zero-order chi connectivity index (χ0) is 61.8. The highest BCUT2D eigenvalue weighted by Gasteiger charge is 2.24. The quantitative estimate of drug-likeness (QED) is 0.0452. The third-order valence-electron chi connectivity index (χ3n) is 16.5. The molecule has 0 aliphatic carbocycles. The number of nitrogens with one attached hydrogen (secondary N) is 4. The predicted octanol–water partition coefficient (Wildman–Crippen LogP) is 16.7. The van der Waals surface area contributed by atoms with Gasteiger partial charge in [0.15, 0.2) is 0 Å². The second-order valence-corrected chi connectivity index (χ2v) is 21.3. The van der Waals surface area contributed by atoms with Crippen molar-refractivity contribution in [2.24, 2.45) is 0 Å². The molecular formula is C74H66N4O12. The summed E-state index contributed by atoms with van der Waals surface area (Å²) in [6.07, 6.45) is 7.89. The van der Waals surface area contributed by atoms with Crippen LogP contribution in [0.2, 0.25) is 0 Å². The minimum atomic E-state index is 0.144. The number of ether oxygens (including phenoxy) is 12. The van der Waals surface area contributed by atoms with Crippen LogP contribution in [0, 0.1) is 0 Å². The standard InChI is InChI=1S/C74H66N4O12/c1-79-47-27-59-71(67(31-47)83-5)55(35-75-59)51-17-9-13-21-63(51)87-39-43-25-45(41-89-65-23-15-11-19-53(65)57-37-77-61-29-49(81-3)33-69(85-7)73(57)61)46(42-90-66-24-16-12-20-54(66)58-38-78-62-30-50(82-4)34-70(86-8)74(58)62)26-44(43)40-88-64-22-14-10-18-52(64)56-36-76-60-28-48(80-2)32-68(84-6)72(56)60/h9-38,75-78H,39-42H2,1-8H3. The lowest BCUT2D eigenvalue weighted by atomic mass is 9.98. The smallest absolute Gasteiger partial charge is 0.132 e. The van der Waals surface area contributed by atoms with Crippen LogP contribution in [0.25, 0.3) is 88.1 Å². The molecule has 0 aliphatic rings. The fourth-order valence-electron chi connectivity index (χ4n) is 12.0. The molecule has 90 heavy (non-hydrogen) atoms. The molecule has 13 aromatic rings. The second kappa shape index (κ2) is 25.2. The molecule has 0 radical (unpaired) electrons. The summed E-state index contributed by atoms with van der Waals surface area (Å²) >= 11 is 0. The lowest BCUT2D eigenvalue weighted by Crippen LogP contribution is -2.11. The number of benzene rings is 9. The minimum absolute atomic E-state index is 0.144. The zero-order valence-corrected chi connectivity index (χ0v) is 51.0. The molecular weight excluding hydrogens is 1140 g/mol. The monoisotopic (exact) mass is 1200 g/mol. The molecule has 0 bridgehead atoms. The topological polar surface area (TPSA) is 174 Å². The van der Waals surface area contributed by atoms with E-state index in [2.05, 4.69) is 56.3 Å². The van der Waals surface area contributed by atoms with Gasteiger partial charge < -0.3 is 76.8 Å². The summed E-state index contributed by atoms with van der Waals surface area (Å²) in [6.45, 7) is 0.577. The highest BCUT2D eigenvalue weighted by atomic mass is 16.5. The molecule has 16 nitrogen and oxygen atoms in total. The molecule has 0 fully saturated rings. The Hall–Kier alpha value is -11.3. The summed E-state index contributed by atoms with van der Waals surface area (Å²) in [4.78, 5) is 13.8. The van der Waals surface area contributed by atoms with Gasteiger partial charge in [-0.15, -0.1) is 0 Å². The highest BCUT2D eigenvalue weighted by molar-refractivity contribution is 6.05. The average molecular weight is 1200 g/mol. The van der Waals surface area contributed by atoms with Crippen molar-refractivity contribution < 1.29 is 56.8 Å². The Labute approximate surface area is 519 Å². The average Bonchev–Trinajstić information content (AvgIpc) is 1.72. The molecule has 0 saturated carbocycles. The van der Waals surface area contributed by atoms with E-state index < -0.39 is 0 Å². The van der Waals surface area contributed by atoms with Gasteiger partial charge in [-0.3, -0.25) is 0 Å². The van der Waals surface area contributed by atoms with E-state index in [1.165, 1.54) is 0 Å². The van der Waals surface area contributed by atoms with Crippen molar-refractivity contribution in [2.75, 3.05) is 56.9 Å². The Bertz CT molecular complexity index is 4170. The van der Waals surface area contributed by atoms with Crippen LogP contribution in [0.3, 0.4) is 0 Å². The van der Waals surface area contributed by atoms with Gasteiger partial charge in [0, 0.05) is 139 Å². The number of hydrogen-bond donors (Lipinski definition) is 4. The third kappa shape index (κ3) is 10.9. The molecule has 0 unspecified atom stereocenters. The molecule has 4 heterocycles. The SMILES string of the molecule is COc1cc(OC)c2c(-c3ccccc3OCc3cc(COc4ccccc4-c4c[nH]c5cc(OC)cc(OC)c45)c(COc4ccccc4-c4c[nH]c5cc(OC)cc(OC)c45)cc3COc3ccccc3-c3c[nH]c4cc(OC)cc(OC)c34)c[nH]c2c1. The first-order chi connectivity index (χ1) is 44.2. The molecule has 454 valence electrons. The maximum atomic E-state index is 7.06. The molecule has 4 aromatic heterocycles. The van der Waals surface area contributed by atoms with Crippen LogP contribution in [-0.2, 0) is 26.4 Å². The molecule has 0 atom stereocenters. The van der Waals surface area contributed by atoms with Crippen LogP contribution in [-0.4, -0.2) is 76.8 Å². The summed E-state index contributed by atoms with van der Waals surface area (Å²) in [6, 6.07) is 51.7. The largest absolute Gasteiger partial charge is 0.497 e. The van der Waals surface area contributed by atoms with E-state index in [9.17, 15) is 0 Å². The van der Waals surface area contributed by atoms with Crippen LogP contribution in [0.4, 0.5) is 0 Å². The Morgan fingerprint density at radius 1 is 0.233 bits per heavy atom. The third-order valence-corrected chi connectivity index (χ3v) is 16.5. The minimum Gasteiger partial charge on any atom is -0.497 e. The Morgan fingerprint density at radius 2 is 0.456 bits per heavy atom. The van der Waals surface area contributed by atoms with Gasteiger partial charge in [0.2, 0.25) is 0 Å². The normalized spacial score (nSPS) is 11.3. The van der Waals surface area contributed by atoms with Gasteiger partial charge in [-0.1, -0.05) is 72.8 Å². The lowest BCUT2D eigenvalue weighted by molar-refractivity contribution is 0.277. The van der Waals surface area contributed by atoms with E-state index in [1.807, 2.05) is 146 Å². The van der Waals surface area contributed by atoms with Gasteiger partial charge in [0.1, 0.15) is 95.4 Å². The number of H-pyrrole nitrogens is 4. The van der Waals surface area contributed by atoms with E-state index in [0.717, 1.165) is 110 Å². The molecule has 4 N–H and O–H groups in total. The molecule has 9 aromatic carbocycles. The molecule has 0 spiro atoms. The van der Waals surface area contributed by atoms with E-state index in [-0.39, 0.29) is 26.4 Å². The van der Waals surface area contributed by atoms with Crippen molar-refractivity contribution in [3.63, 3.8) is 0 Å². The van der Waals surface area contributed by atoms with E-state index in [1.54, 1.807) is 56.9 Å². The summed E-state index contributed by atoms with van der Waals surface area (Å²) < 4.78 is 74.6. The highest BCUT2D eigenvalue weighted by Crippen LogP contribution is 2.47. The lowest BCUT2D eigenvalue weighted by Gasteiger charge is -2.21. The summed E-state index contributed by atoms with van der Waals surface area (Å²) in [5.74, 6) is 8.00.